The molecular formula is C24H23NO8S. The average molecular weight is 486 g/mol. The lowest BCUT2D eigenvalue weighted by Gasteiger charge is -2.15. The maximum atomic E-state index is 11.9. The Bertz CT molecular complexity index is 1170. The monoisotopic (exact) mass is 485 g/mol. The fourth-order valence-corrected chi connectivity index (χ4v) is 4.03. The number of aliphatic hydroxyl groups is 1. The fourth-order valence-electron chi connectivity index (χ4n) is 3.08. The number of aliphatic hydroxyl groups excluding tert-OH is 1. The number of thiophene rings is 1. The minimum absolute atomic E-state index is 0.00538. The first-order chi connectivity index (χ1) is 16.3. The topological polar surface area (TPSA) is 131 Å². The van der Waals surface area contributed by atoms with E-state index in [4.69, 9.17) is 9.47 Å². The molecular weight excluding hydrogens is 462 g/mol. The number of amides is 1. The van der Waals surface area contributed by atoms with Crippen LogP contribution in [0.4, 0.5) is 5.69 Å². The maximum Gasteiger partial charge on any atom is 0.397 e. The van der Waals surface area contributed by atoms with Crippen LogP contribution < -0.4 is 14.8 Å². The van der Waals surface area contributed by atoms with Crippen LogP contribution in [-0.4, -0.2) is 48.4 Å². The Labute approximate surface area is 199 Å². The van der Waals surface area contributed by atoms with E-state index in [9.17, 15) is 24.6 Å². The molecule has 3 N–H and O–H groups in total. The predicted molar refractivity (Wildman–Crippen MR) is 125 cm³/mol. The molecule has 0 saturated carbocycles. The molecule has 0 aliphatic rings. The number of rotatable bonds is 9. The summed E-state index contributed by atoms with van der Waals surface area (Å²) >= 11 is 0.952. The second-order valence-electron chi connectivity index (χ2n) is 6.93. The molecule has 2 aromatic carbocycles. The predicted octanol–water partition coefficient (Wildman–Crippen LogP) is 3.74. The summed E-state index contributed by atoms with van der Waals surface area (Å²) in [5.74, 6) is -2.31. The van der Waals surface area contributed by atoms with Crippen molar-refractivity contribution in [2.24, 2.45) is 0 Å². The average Bonchev–Trinajstić information content (AvgIpc) is 3.27. The third-order valence-corrected chi connectivity index (χ3v) is 5.85. The van der Waals surface area contributed by atoms with Gasteiger partial charge in [-0.05, 0) is 48.9 Å². The number of carbonyl (C=O) groups excluding carboxylic acids is 2. The second kappa shape index (κ2) is 11.3. The number of carboxylic acids is 1. The van der Waals surface area contributed by atoms with Crippen LogP contribution in [0.3, 0.4) is 0 Å². The van der Waals surface area contributed by atoms with Gasteiger partial charge in [0, 0.05) is 10.4 Å². The molecule has 1 atom stereocenters. The van der Waals surface area contributed by atoms with Crippen LogP contribution in [-0.2, 0) is 14.3 Å². The van der Waals surface area contributed by atoms with Gasteiger partial charge in [-0.2, -0.15) is 0 Å². The van der Waals surface area contributed by atoms with Crippen molar-refractivity contribution >= 4 is 34.9 Å². The van der Waals surface area contributed by atoms with E-state index in [1.807, 2.05) is 6.07 Å². The van der Waals surface area contributed by atoms with Crippen molar-refractivity contribution in [3.05, 3.63) is 65.0 Å². The number of methoxy groups -OCH3 is 1. The molecule has 0 bridgehead atoms. The molecule has 10 heteroatoms. The van der Waals surface area contributed by atoms with E-state index in [0.29, 0.717) is 27.5 Å². The van der Waals surface area contributed by atoms with E-state index in [1.165, 1.54) is 13.2 Å². The Morgan fingerprint density at radius 2 is 1.79 bits per heavy atom. The van der Waals surface area contributed by atoms with Crippen LogP contribution in [0.5, 0.6) is 11.5 Å². The van der Waals surface area contributed by atoms with E-state index >= 15 is 0 Å². The summed E-state index contributed by atoms with van der Waals surface area (Å²) in [7, 11) is 1.53. The molecule has 9 nitrogen and oxygen atoms in total. The van der Waals surface area contributed by atoms with Crippen molar-refractivity contribution in [2.75, 3.05) is 25.6 Å². The zero-order chi connectivity index (χ0) is 24.7. The smallest absolute Gasteiger partial charge is 0.397 e. The summed E-state index contributed by atoms with van der Waals surface area (Å²) in [6, 6.07) is 15.4. The minimum atomic E-state index is -1.24. The number of nitrogens with one attached hydrogen (secondary N) is 1. The van der Waals surface area contributed by atoms with Gasteiger partial charge in [0.05, 0.1) is 19.4 Å². The largest absolute Gasteiger partial charge is 0.496 e. The number of carbonyl (C=O) groups is 3. The number of aromatic carboxylic acids is 1. The summed E-state index contributed by atoms with van der Waals surface area (Å²) in [5.41, 5.74) is 1.30. The van der Waals surface area contributed by atoms with Crippen molar-refractivity contribution < 1.29 is 38.8 Å². The number of ether oxygens (including phenoxy) is 3. The van der Waals surface area contributed by atoms with Gasteiger partial charge >= 0.3 is 17.8 Å². The van der Waals surface area contributed by atoms with Crippen molar-refractivity contribution in [3.63, 3.8) is 0 Å². The number of carboxylic acid groups (broad SMARTS) is 1. The van der Waals surface area contributed by atoms with Gasteiger partial charge in [-0.25, -0.2) is 9.59 Å². The summed E-state index contributed by atoms with van der Waals surface area (Å²) in [6.07, 6.45) is -0.892. The normalized spacial score (nSPS) is 11.4. The highest BCUT2D eigenvalue weighted by molar-refractivity contribution is 7.18. The highest BCUT2D eigenvalue weighted by atomic mass is 32.1. The van der Waals surface area contributed by atoms with E-state index in [0.717, 1.165) is 11.3 Å². The van der Waals surface area contributed by atoms with Crippen LogP contribution in [0, 0.1) is 0 Å². The van der Waals surface area contributed by atoms with Crippen LogP contribution >= 0.6 is 11.3 Å². The number of anilines is 1. The molecule has 0 aliphatic carbocycles. The summed E-state index contributed by atoms with van der Waals surface area (Å²) in [4.78, 5) is 35.5. The van der Waals surface area contributed by atoms with Gasteiger partial charge in [-0.15, -0.1) is 11.3 Å². The molecule has 1 aromatic heterocycles. The van der Waals surface area contributed by atoms with E-state index in [1.54, 1.807) is 49.4 Å². The zero-order valence-corrected chi connectivity index (χ0v) is 19.3. The standard InChI is InChI=1S/C24H23NO8S/c1-3-32-24(30)22(27)25-17-12-20(34-21(17)23(28)29)14-8-10-15(11-9-14)33-13-18(26)16-6-4-5-7-19(16)31-2/h4-12,18,26H,3,13H2,1-2H3,(H,25,27)(H,28,29). The molecule has 1 unspecified atom stereocenters. The third-order valence-electron chi connectivity index (χ3n) is 4.68. The number of esters is 1. The molecule has 34 heavy (non-hydrogen) atoms. The number of hydrogen-bond acceptors (Lipinski definition) is 8. The molecule has 1 heterocycles. The molecule has 0 spiro atoms. The Morgan fingerprint density at radius 3 is 2.44 bits per heavy atom. The second-order valence-corrected chi connectivity index (χ2v) is 7.98. The van der Waals surface area contributed by atoms with Crippen molar-refractivity contribution in [3.8, 4) is 21.9 Å². The highest BCUT2D eigenvalue weighted by Gasteiger charge is 2.22. The Kier molecular flexibility index (Phi) is 8.23. The van der Waals surface area contributed by atoms with Crippen LogP contribution in [0.1, 0.15) is 28.3 Å². The van der Waals surface area contributed by atoms with Gasteiger partial charge in [0.2, 0.25) is 0 Å². The van der Waals surface area contributed by atoms with Crippen LogP contribution in [0.15, 0.2) is 54.6 Å². The minimum Gasteiger partial charge on any atom is -0.496 e. The number of para-hydroxylation sites is 1. The Balaban J connectivity index is 1.71. The van der Waals surface area contributed by atoms with Gasteiger partial charge in [-0.1, -0.05) is 18.2 Å². The molecule has 0 aliphatic heterocycles. The van der Waals surface area contributed by atoms with Gasteiger partial charge in [0.1, 0.15) is 29.1 Å². The van der Waals surface area contributed by atoms with Crippen LogP contribution in [0.2, 0.25) is 0 Å². The van der Waals surface area contributed by atoms with Crippen LogP contribution in [0.25, 0.3) is 10.4 Å². The van der Waals surface area contributed by atoms with Gasteiger partial charge in [-0.3, -0.25) is 4.79 Å². The first kappa shape index (κ1) is 24.7. The molecule has 178 valence electrons. The van der Waals surface area contributed by atoms with Gasteiger partial charge in [0.25, 0.3) is 0 Å². The molecule has 0 radical (unpaired) electrons. The summed E-state index contributed by atoms with van der Waals surface area (Å²) in [6.45, 7) is 1.59. The summed E-state index contributed by atoms with van der Waals surface area (Å²) in [5, 5.41) is 22.2. The quantitative estimate of drug-likeness (QED) is 0.309. The first-order valence-corrected chi connectivity index (χ1v) is 11.0. The molecule has 3 rings (SSSR count). The lowest BCUT2D eigenvalue weighted by Crippen LogP contribution is -2.25. The maximum absolute atomic E-state index is 11.9. The van der Waals surface area contributed by atoms with Crippen molar-refractivity contribution in [1.82, 2.24) is 0 Å². The lowest BCUT2D eigenvalue weighted by atomic mass is 10.1. The Morgan fingerprint density at radius 1 is 1.09 bits per heavy atom. The fraction of sp³-hybridized carbons (Fsp3) is 0.208. The van der Waals surface area contributed by atoms with E-state index in [-0.39, 0.29) is 23.8 Å². The van der Waals surface area contributed by atoms with Gasteiger partial charge < -0.3 is 29.7 Å². The molecule has 3 aromatic rings. The van der Waals surface area contributed by atoms with Gasteiger partial charge in [0.15, 0.2) is 0 Å². The zero-order valence-electron chi connectivity index (χ0n) is 18.4. The molecule has 0 saturated heterocycles. The summed E-state index contributed by atoms with van der Waals surface area (Å²) < 4.78 is 15.6. The van der Waals surface area contributed by atoms with Crippen molar-refractivity contribution in [2.45, 2.75) is 13.0 Å². The lowest BCUT2D eigenvalue weighted by molar-refractivity contribution is -0.152. The Hall–Kier alpha value is -3.89. The van der Waals surface area contributed by atoms with E-state index in [2.05, 4.69) is 10.1 Å². The molecule has 0 fully saturated rings. The third kappa shape index (κ3) is 5.91. The number of hydrogen-bond donors (Lipinski definition) is 3. The SMILES string of the molecule is CCOC(=O)C(=O)Nc1cc(-c2ccc(OCC(O)c3ccccc3OC)cc2)sc1C(=O)O. The number of benzene rings is 2. The highest BCUT2D eigenvalue weighted by Crippen LogP contribution is 2.36. The molecule has 1 amide bonds. The van der Waals surface area contributed by atoms with Crippen molar-refractivity contribution in [1.29, 1.82) is 0 Å². The first-order valence-electron chi connectivity index (χ1n) is 10.2. The van der Waals surface area contributed by atoms with E-state index < -0.39 is 23.9 Å².